The highest BCUT2D eigenvalue weighted by Gasteiger charge is 2.46. The number of nitrogens with two attached hydrogens (primary N) is 3. The molecule has 1 aliphatic heterocycles. The van der Waals surface area contributed by atoms with Crippen LogP contribution in [0.1, 0.15) is 32.4 Å². The van der Waals surface area contributed by atoms with Crippen LogP contribution in [0.2, 0.25) is 0 Å². The van der Waals surface area contributed by atoms with Gasteiger partial charge in [-0.3, -0.25) is 14.2 Å². The molecular formula is C19H31N9O5. The number of hydrogen-bond acceptors (Lipinski definition) is 11. The highest BCUT2D eigenvalue weighted by Crippen LogP contribution is 2.32. The molecule has 0 aliphatic carbocycles. The summed E-state index contributed by atoms with van der Waals surface area (Å²) < 4.78 is 7.27. The van der Waals surface area contributed by atoms with Gasteiger partial charge in [-0.15, -0.1) is 0 Å². The second kappa shape index (κ2) is 10.8. The molecule has 182 valence electrons. The fraction of sp³-hybridized carbons (Fsp3) is 0.632. The minimum Gasteiger partial charge on any atom is -0.394 e. The van der Waals surface area contributed by atoms with Crippen LogP contribution in [0.15, 0.2) is 12.7 Å². The first-order chi connectivity index (χ1) is 15.8. The Bertz CT molecular complexity index is 970. The van der Waals surface area contributed by atoms with Gasteiger partial charge in [0, 0.05) is 0 Å². The number of carbonyl (C=O) groups is 2. The number of rotatable bonds is 10. The summed E-state index contributed by atoms with van der Waals surface area (Å²) in [5, 5.41) is 25.5. The van der Waals surface area contributed by atoms with Gasteiger partial charge in [0.05, 0.1) is 19.0 Å². The van der Waals surface area contributed by atoms with E-state index in [-0.39, 0.29) is 5.82 Å². The minimum atomic E-state index is -1.23. The Morgan fingerprint density at radius 2 is 2.03 bits per heavy atom. The van der Waals surface area contributed by atoms with E-state index in [0.29, 0.717) is 30.6 Å². The summed E-state index contributed by atoms with van der Waals surface area (Å²) >= 11 is 0. The molecule has 0 radical (unpaired) electrons. The lowest BCUT2D eigenvalue weighted by atomic mass is 10.1. The summed E-state index contributed by atoms with van der Waals surface area (Å²) in [6, 6.07) is -2.67. The van der Waals surface area contributed by atoms with Crippen molar-refractivity contribution in [2.45, 2.75) is 62.7 Å². The van der Waals surface area contributed by atoms with Crippen molar-refractivity contribution < 1.29 is 24.5 Å². The van der Waals surface area contributed by atoms with E-state index in [1.807, 2.05) is 0 Å². The van der Waals surface area contributed by atoms with E-state index in [2.05, 4.69) is 25.6 Å². The van der Waals surface area contributed by atoms with Gasteiger partial charge in [-0.25, -0.2) is 15.0 Å². The van der Waals surface area contributed by atoms with Gasteiger partial charge in [-0.05, 0) is 26.3 Å². The van der Waals surface area contributed by atoms with E-state index >= 15 is 0 Å². The molecule has 33 heavy (non-hydrogen) atoms. The number of hydrogen-bond donors (Lipinski definition) is 7. The molecule has 0 unspecified atom stereocenters. The van der Waals surface area contributed by atoms with E-state index in [0.717, 1.165) is 6.42 Å². The molecule has 10 N–H and O–H groups in total. The van der Waals surface area contributed by atoms with Gasteiger partial charge in [0.2, 0.25) is 11.8 Å². The fourth-order valence-electron chi connectivity index (χ4n) is 3.66. The summed E-state index contributed by atoms with van der Waals surface area (Å²) in [6.45, 7) is 1.54. The average Bonchev–Trinajstić information content (AvgIpc) is 3.35. The van der Waals surface area contributed by atoms with Crippen molar-refractivity contribution >= 4 is 28.8 Å². The molecule has 0 spiro atoms. The molecule has 0 saturated carbocycles. The Labute approximate surface area is 189 Å². The number of nitrogens with zero attached hydrogens (tertiary/aromatic N) is 4. The zero-order valence-electron chi connectivity index (χ0n) is 18.3. The summed E-state index contributed by atoms with van der Waals surface area (Å²) in [6.07, 6.45) is 1.43. The Balaban J connectivity index is 1.72. The van der Waals surface area contributed by atoms with Crippen LogP contribution in [0.25, 0.3) is 11.2 Å². The number of carbonyl (C=O) groups excluding carboxylic acids is 2. The molecule has 3 rings (SSSR count). The summed E-state index contributed by atoms with van der Waals surface area (Å²) in [7, 11) is 0. The van der Waals surface area contributed by atoms with Crippen LogP contribution in [0.3, 0.4) is 0 Å². The number of amides is 2. The quantitative estimate of drug-likeness (QED) is 0.176. The summed E-state index contributed by atoms with van der Waals surface area (Å²) in [5.74, 6) is -0.863. The van der Waals surface area contributed by atoms with Crippen LogP contribution in [-0.4, -0.2) is 85.0 Å². The third-order valence-corrected chi connectivity index (χ3v) is 5.58. The maximum atomic E-state index is 12.8. The van der Waals surface area contributed by atoms with Crippen molar-refractivity contribution in [1.82, 2.24) is 30.2 Å². The predicted octanol–water partition coefficient (Wildman–Crippen LogP) is -2.90. The number of anilines is 1. The summed E-state index contributed by atoms with van der Waals surface area (Å²) in [5.41, 5.74) is 17.8. The van der Waals surface area contributed by atoms with Crippen molar-refractivity contribution in [3.05, 3.63) is 12.7 Å². The number of nitrogen functional groups attached to an aromatic ring is 1. The van der Waals surface area contributed by atoms with Crippen LogP contribution >= 0.6 is 0 Å². The van der Waals surface area contributed by atoms with Gasteiger partial charge in [-0.2, -0.15) is 0 Å². The first kappa shape index (κ1) is 24.7. The third kappa shape index (κ3) is 5.36. The molecule has 6 atom stereocenters. The first-order valence-corrected chi connectivity index (χ1v) is 10.7. The number of nitrogens with one attached hydrogen (secondary N) is 2. The zero-order chi connectivity index (χ0) is 24.1. The van der Waals surface area contributed by atoms with E-state index < -0.39 is 55.0 Å². The lowest BCUT2D eigenvalue weighted by molar-refractivity contribution is -0.130. The molecule has 2 aromatic heterocycles. The van der Waals surface area contributed by atoms with E-state index in [1.165, 1.54) is 24.1 Å². The molecule has 0 bridgehead atoms. The molecule has 1 aliphatic rings. The number of aliphatic hydroxyl groups excluding tert-OH is 2. The lowest BCUT2D eigenvalue weighted by Gasteiger charge is -2.25. The van der Waals surface area contributed by atoms with Gasteiger partial charge < -0.3 is 42.8 Å². The van der Waals surface area contributed by atoms with Crippen molar-refractivity contribution in [1.29, 1.82) is 0 Å². The average molecular weight is 466 g/mol. The van der Waals surface area contributed by atoms with Gasteiger partial charge in [0.15, 0.2) is 17.7 Å². The van der Waals surface area contributed by atoms with Crippen LogP contribution in [0.5, 0.6) is 0 Å². The SMILES string of the molecule is C[C@H](NC(=O)[C@@H](N)CCCCN)C(=O)N[C@@H]1[C@H](O)[C@@H](CO)O[C@H]1n1cnc2c(N)ncnc21. The van der Waals surface area contributed by atoms with Crippen LogP contribution < -0.4 is 27.8 Å². The molecule has 14 nitrogen and oxygen atoms in total. The number of fused-ring (bicyclic) bond motifs is 1. The summed E-state index contributed by atoms with van der Waals surface area (Å²) in [4.78, 5) is 37.3. The smallest absolute Gasteiger partial charge is 0.242 e. The molecule has 2 amide bonds. The lowest BCUT2D eigenvalue weighted by Crippen LogP contribution is -2.55. The highest BCUT2D eigenvalue weighted by molar-refractivity contribution is 5.89. The molecule has 1 fully saturated rings. The van der Waals surface area contributed by atoms with Crippen LogP contribution in [0.4, 0.5) is 5.82 Å². The van der Waals surface area contributed by atoms with E-state index in [1.54, 1.807) is 0 Å². The molecule has 0 aromatic carbocycles. The minimum absolute atomic E-state index is 0.163. The van der Waals surface area contributed by atoms with Gasteiger partial charge >= 0.3 is 0 Å². The van der Waals surface area contributed by atoms with E-state index in [4.69, 9.17) is 21.9 Å². The largest absolute Gasteiger partial charge is 0.394 e. The Morgan fingerprint density at radius 3 is 2.73 bits per heavy atom. The number of unbranched alkanes of at least 4 members (excludes halogenated alkanes) is 1. The fourth-order valence-corrected chi connectivity index (χ4v) is 3.66. The third-order valence-electron chi connectivity index (χ3n) is 5.58. The molecule has 1 saturated heterocycles. The Hall–Kier alpha value is -2.91. The van der Waals surface area contributed by atoms with Gasteiger partial charge in [0.25, 0.3) is 0 Å². The van der Waals surface area contributed by atoms with Gasteiger partial charge in [0.1, 0.15) is 36.1 Å². The molecule has 3 heterocycles. The second-order valence-corrected chi connectivity index (χ2v) is 7.98. The topological polar surface area (TPSA) is 230 Å². The maximum absolute atomic E-state index is 12.8. The standard InChI is InChI=1S/C19H31N9O5/c1-9(26-18(32)10(21)4-2-3-5-20)17(31)27-12-14(30)11(6-29)33-19(12)28-8-25-13-15(22)23-7-24-16(13)28/h7-12,14,19,29-30H,2-6,20-21H2,1H3,(H,26,32)(H,27,31)(H2,22,23,24)/t9-,10-,11+,12+,14+,19+/m0/s1. The number of ether oxygens (including phenoxy) is 1. The first-order valence-electron chi connectivity index (χ1n) is 10.7. The Kier molecular flexibility index (Phi) is 8.10. The second-order valence-electron chi connectivity index (χ2n) is 7.98. The molecule has 14 heteroatoms. The normalized spacial score (nSPS) is 24.5. The monoisotopic (exact) mass is 465 g/mol. The zero-order valence-corrected chi connectivity index (χ0v) is 18.3. The number of aromatic nitrogens is 4. The van der Waals surface area contributed by atoms with Crippen molar-refractivity contribution in [2.24, 2.45) is 11.5 Å². The van der Waals surface area contributed by atoms with Crippen LogP contribution in [0, 0.1) is 0 Å². The number of imidazole rings is 1. The molecule has 2 aromatic rings. The molecular weight excluding hydrogens is 434 g/mol. The maximum Gasteiger partial charge on any atom is 0.242 e. The highest BCUT2D eigenvalue weighted by atomic mass is 16.5. The van der Waals surface area contributed by atoms with Crippen molar-refractivity contribution in [3.8, 4) is 0 Å². The van der Waals surface area contributed by atoms with E-state index in [9.17, 15) is 19.8 Å². The van der Waals surface area contributed by atoms with Crippen molar-refractivity contribution in [2.75, 3.05) is 18.9 Å². The number of aliphatic hydroxyl groups is 2. The van der Waals surface area contributed by atoms with Gasteiger partial charge in [-0.1, -0.05) is 6.42 Å². The predicted molar refractivity (Wildman–Crippen MR) is 117 cm³/mol. The van der Waals surface area contributed by atoms with Crippen molar-refractivity contribution in [3.63, 3.8) is 0 Å². The van der Waals surface area contributed by atoms with Crippen LogP contribution in [-0.2, 0) is 14.3 Å². The Morgan fingerprint density at radius 1 is 1.27 bits per heavy atom.